The van der Waals surface area contributed by atoms with Gasteiger partial charge in [-0.1, -0.05) is 0 Å². The molecule has 23 heavy (non-hydrogen) atoms. The molecule has 2 aliphatic rings. The molecule has 3 heterocycles. The van der Waals surface area contributed by atoms with Crippen LogP contribution in [0.15, 0.2) is 23.7 Å². The van der Waals surface area contributed by atoms with Crippen molar-refractivity contribution in [2.75, 3.05) is 44.8 Å². The zero-order valence-electron chi connectivity index (χ0n) is 13.6. The lowest BCUT2D eigenvalue weighted by molar-refractivity contribution is -0.113. The minimum absolute atomic E-state index is 0.0880. The van der Waals surface area contributed by atoms with Gasteiger partial charge in [0.2, 0.25) is 0 Å². The Morgan fingerprint density at radius 1 is 1.30 bits per heavy atom. The van der Waals surface area contributed by atoms with E-state index >= 15 is 0 Å². The fourth-order valence-corrected chi connectivity index (χ4v) is 2.84. The lowest BCUT2D eigenvalue weighted by atomic mass is 10.1. The van der Waals surface area contributed by atoms with Crippen LogP contribution in [0.1, 0.15) is 19.8 Å². The van der Waals surface area contributed by atoms with Gasteiger partial charge in [0.05, 0.1) is 43.8 Å². The van der Waals surface area contributed by atoms with Gasteiger partial charge in [-0.25, -0.2) is 0 Å². The van der Waals surface area contributed by atoms with Crippen LogP contribution in [0.4, 0.5) is 5.69 Å². The maximum Gasteiger partial charge on any atom is 0.255 e. The first-order valence-electron chi connectivity index (χ1n) is 8.19. The lowest BCUT2D eigenvalue weighted by Gasteiger charge is -2.26. The van der Waals surface area contributed by atoms with Crippen molar-refractivity contribution >= 4 is 11.6 Å². The molecule has 0 aromatic carbocycles. The van der Waals surface area contributed by atoms with Gasteiger partial charge in [0.25, 0.3) is 5.91 Å². The van der Waals surface area contributed by atoms with Crippen molar-refractivity contribution in [1.82, 2.24) is 14.7 Å². The Kier molecular flexibility index (Phi) is 5.30. The maximum absolute atomic E-state index is 12.3. The van der Waals surface area contributed by atoms with Crippen LogP contribution in [-0.4, -0.2) is 60.0 Å². The summed E-state index contributed by atoms with van der Waals surface area (Å²) in [4.78, 5) is 14.6. The largest absolute Gasteiger partial charge is 0.498 e. The van der Waals surface area contributed by atoms with Gasteiger partial charge in [0.15, 0.2) is 0 Å². The van der Waals surface area contributed by atoms with Crippen molar-refractivity contribution < 1.29 is 14.3 Å². The van der Waals surface area contributed by atoms with E-state index in [2.05, 4.69) is 15.3 Å². The third kappa shape index (κ3) is 4.33. The van der Waals surface area contributed by atoms with E-state index in [-0.39, 0.29) is 5.91 Å². The maximum atomic E-state index is 12.3. The van der Waals surface area contributed by atoms with Crippen molar-refractivity contribution in [1.29, 1.82) is 0 Å². The zero-order chi connectivity index (χ0) is 16.1. The number of amides is 1. The second-order valence-corrected chi connectivity index (χ2v) is 5.89. The van der Waals surface area contributed by atoms with Crippen LogP contribution >= 0.6 is 0 Å². The Hall–Kier alpha value is -1.86. The van der Waals surface area contributed by atoms with Gasteiger partial charge in [-0.15, -0.1) is 0 Å². The standard InChI is InChI=1S/C16H24N4O3/c1-13-15(3-2-8-23-13)16(21)18-14-11-17-20(12-14)5-4-19-6-9-22-10-7-19/h11-12H,2-10H2,1H3,(H,18,21). The molecular formula is C16H24N4O3. The van der Waals surface area contributed by atoms with E-state index in [4.69, 9.17) is 9.47 Å². The third-order valence-corrected chi connectivity index (χ3v) is 4.23. The Labute approximate surface area is 136 Å². The van der Waals surface area contributed by atoms with Gasteiger partial charge in [-0.05, 0) is 19.8 Å². The molecule has 0 radical (unpaired) electrons. The fourth-order valence-electron chi connectivity index (χ4n) is 2.84. The molecule has 1 amide bonds. The highest BCUT2D eigenvalue weighted by molar-refractivity contribution is 6.03. The molecule has 1 N–H and O–H groups in total. The minimum atomic E-state index is -0.0880. The van der Waals surface area contributed by atoms with Crippen LogP contribution in [0.25, 0.3) is 0 Å². The average molecular weight is 320 g/mol. The molecule has 7 nitrogen and oxygen atoms in total. The molecule has 1 saturated heterocycles. The third-order valence-electron chi connectivity index (χ3n) is 4.23. The summed E-state index contributed by atoms with van der Waals surface area (Å²) in [5.74, 6) is 0.642. The Balaban J connectivity index is 1.51. The predicted molar refractivity (Wildman–Crippen MR) is 86.0 cm³/mol. The van der Waals surface area contributed by atoms with Gasteiger partial charge in [0, 0.05) is 25.8 Å². The fraction of sp³-hybridized carbons (Fsp3) is 0.625. The molecule has 2 aliphatic heterocycles. The molecule has 3 rings (SSSR count). The average Bonchev–Trinajstić information content (AvgIpc) is 3.02. The van der Waals surface area contributed by atoms with E-state index in [9.17, 15) is 4.79 Å². The topological polar surface area (TPSA) is 68.6 Å². The second-order valence-electron chi connectivity index (χ2n) is 5.89. The monoisotopic (exact) mass is 320 g/mol. The normalized spacial score (nSPS) is 19.5. The highest BCUT2D eigenvalue weighted by atomic mass is 16.5. The zero-order valence-corrected chi connectivity index (χ0v) is 13.6. The summed E-state index contributed by atoms with van der Waals surface area (Å²) < 4.78 is 12.6. The van der Waals surface area contributed by atoms with E-state index in [1.165, 1.54) is 0 Å². The molecule has 1 aromatic rings. The van der Waals surface area contributed by atoms with Crippen LogP contribution < -0.4 is 5.32 Å². The van der Waals surface area contributed by atoms with Gasteiger partial charge < -0.3 is 14.8 Å². The number of morpholine rings is 1. The van der Waals surface area contributed by atoms with Crippen molar-refractivity contribution in [2.24, 2.45) is 0 Å². The summed E-state index contributed by atoms with van der Waals surface area (Å²) in [5, 5.41) is 7.22. The van der Waals surface area contributed by atoms with Gasteiger partial charge in [-0.2, -0.15) is 5.10 Å². The van der Waals surface area contributed by atoms with Crippen LogP contribution in [-0.2, 0) is 20.8 Å². The summed E-state index contributed by atoms with van der Waals surface area (Å²) in [6.07, 6.45) is 5.22. The molecule has 1 aromatic heterocycles. The number of nitrogens with one attached hydrogen (secondary N) is 1. The van der Waals surface area contributed by atoms with Crippen molar-refractivity contribution in [3.63, 3.8) is 0 Å². The van der Waals surface area contributed by atoms with Gasteiger partial charge in [0.1, 0.15) is 5.76 Å². The van der Waals surface area contributed by atoms with Crippen LogP contribution in [0.5, 0.6) is 0 Å². The molecular weight excluding hydrogens is 296 g/mol. The quantitative estimate of drug-likeness (QED) is 0.884. The van der Waals surface area contributed by atoms with Crippen LogP contribution in [0.2, 0.25) is 0 Å². The van der Waals surface area contributed by atoms with E-state index < -0.39 is 0 Å². The summed E-state index contributed by atoms with van der Waals surface area (Å²) in [5.41, 5.74) is 1.46. The molecule has 0 spiro atoms. The number of rotatable bonds is 5. The smallest absolute Gasteiger partial charge is 0.255 e. The van der Waals surface area contributed by atoms with E-state index in [0.29, 0.717) is 6.61 Å². The summed E-state index contributed by atoms with van der Waals surface area (Å²) in [6, 6.07) is 0. The lowest BCUT2D eigenvalue weighted by Crippen LogP contribution is -2.38. The Morgan fingerprint density at radius 2 is 2.13 bits per heavy atom. The molecule has 0 unspecified atom stereocenters. The number of nitrogens with zero attached hydrogens (tertiary/aromatic N) is 3. The molecule has 126 valence electrons. The summed E-state index contributed by atoms with van der Waals surface area (Å²) in [7, 11) is 0. The minimum Gasteiger partial charge on any atom is -0.498 e. The Bertz CT molecular complexity index is 576. The number of anilines is 1. The van der Waals surface area contributed by atoms with E-state index in [1.807, 2.05) is 17.8 Å². The van der Waals surface area contributed by atoms with Gasteiger partial charge >= 0.3 is 0 Å². The first-order valence-corrected chi connectivity index (χ1v) is 8.19. The number of carbonyl (C=O) groups excluding carboxylic acids is 1. The molecule has 0 atom stereocenters. The first-order chi connectivity index (χ1) is 11.2. The number of allylic oxidation sites excluding steroid dienone is 1. The first kappa shape index (κ1) is 16.0. The molecule has 0 bridgehead atoms. The number of ether oxygens (including phenoxy) is 2. The van der Waals surface area contributed by atoms with Crippen LogP contribution in [0, 0.1) is 0 Å². The molecule has 7 heteroatoms. The highest BCUT2D eigenvalue weighted by Crippen LogP contribution is 2.20. The van der Waals surface area contributed by atoms with Crippen molar-refractivity contribution in [3.05, 3.63) is 23.7 Å². The number of hydrogen-bond donors (Lipinski definition) is 1. The molecule has 1 fully saturated rings. The van der Waals surface area contributed by atoms with Crippen molar-refractivity contribution in [2.45, 2.75) is 26.3 Å². The molecule has 0 saturated carbocycles. The van der Waals surface area contributed by atoms with Crippen LogP contribution in [0.3, 0.4) is 0 Å². The predicted octanol–water partition coefficient (Wildman–Crippen LogP) is 1.24. The van der Waals surface area contributed by atoms with Gasteiger partial charge in [-0.3, -0.25) is 14.4 Å². The Morgan fingerprint density at radius 3 is 2.91 bits per heavy atom. The molecule has 0 aliphatic carbocycles. The second kappa shape index (κ2) is 7.61. The number of hydrogen-bond acceptors (Lipinski definition) is 5. The summed E-state index contributed by atoms with van der Waals surface area (Å²) >= 11 is 0. The van der Waals surface area contributed by atoms with E-state index in [1.54, 1.807) is 6.20 Å². The van der Waals surface area contributed by atoms with Crippen molar-refractivity contribution in [3.8, 4) is 0 Å². The highest BCUT2D eigenvalue weighted by Gasteiger charge is 2.18. The SMILES string of the molecule is CC1=C(C(=O)Nc2cnn(CCN3CCOCC3)c2)CCCO1. The number of carbonyl (C=O) groups is 1. The number of aromatic nitrogens is 2. The summed E-state index contributed by atoms with van der Waals surface area (Å²) in [6.45, 7) is 7.84. The van der Waals surface area contributed by atoms with E-state index in [0.717, 1.165) is 69.3 Å².